The number of nitrogens with one attached hydrogen (secondary N) is 1. The molecule has 0 aromatic heterocycles. The Balaban J connectivity index is 2.29. The van der Waals surface area contributed by atoms with Gasteiger partial charge in [-0.1, -0.05) is 13.8 Å². The first kappa shape index (κ1) is 15.9. The maximum absolute atomic E-state index is 9.50. The lowest BCUT2D eigenvalue weighted by Gasteiger charge is -2.35. The predicted octanol–water partition coefficient (Wildman–Crippen LogP) is 2.10. The molecule has 0 aromatic carbocycles. The smallest absolute Gasteiger partial charge is 0.0517 e. The molecule has 2 atom stereocenters. The molecular formula is C15H32N2O. The first-order valence-electron chi connectivity index (χ1n) is 7.40. The summed E-state index contributed by atoms with van der Waals surface area (Å²) in [5, 5.41) is 13.2. The molecule has 2 N–H and O–H groups in total. The van der Waals surface area contributed by atoms with Crippen LogP contribution in [0.15, 0.2) is 0 Å². The summed E-state index contributed by atoms with van der Waals surface area (Å²) < 4.78 is 0. The molecule has 0 aromatic rings. The monoisotopic (exact) mass is 256 g/mol. The van der Waals surface area contributed by atoms with E-state index in [2.05, 4.69) is 38.0 Å². The predicted molar refractivity (Wildman–Crippen MR) is 77.8 cm³/mol. The molecule has 0 amide bonds. The summed E-state index contributed by atoms with van der Waals surface area (Å²) in [5.41, 5.74) is 0.174. The summed E-state index contributed by atoms with van der Waals surface area (Å²) in [7, 11) is 2.21. The van der Waals surface area contributed by atoms with Gasteiger partial charge in [-0.05, 0) is 64.6 Å². The topological polar surface area (TPSA) is 35.5 Å². The molecule has 1 saturated heterocycles. The second-order valence-corrected chi connectivity index (χ2v) is 7.03. The van der Waals surface area contributed by atoms with Gasteiger partial charge in [-0.25, -0.2) is 0 Å². The number of rotatable bonds is 6. The highest BCUT2D eigenvalue weighted by atomic mass is 16.3. The van der Waals surface area contributed by atoms with Crippen molar-refractivity contribution in [2.24, 2.45) is 11.3 Å². The maximum Gasteiger partial charge on any atom is 0.0517 e. The van der Waals surface area contributed by atoms with Crippen molar-refractivity contribution in [1.82, 2.24) is 10.2 Å². The van der Waals surface area contributed by atoms with E-state index in [0.29, 0.717) is 6.04 Å². The number of nitrogens with zero attached hydrogens (tertiary/aromatic N) is 1. The first-order valence-corrected chi connectivity index (χ1v) is 7.40. The molecule has 1 aliphatic rings. The van der Waals surface area contributed by atoms with Crippen LogP contribution in [0.1, 0.15) is 47.0 Å². The Morgan fingerprint density at radius 3 is 2.33 bits per heavy atom. The summed E-state index contributed by atoms with van der Waals surface area (Å²) in [5.74, 6) is 0.809. The van der Waals surface area contributed by atoms with Gasteiger partial charge >= 0.3 is 0 Å². The van der Waals surface area contributed by atoms with E-state index in [4.69, 9.17) is 0 Å². The van der Waals surface area contributed by atoms with Gasteiger partial charge in [0, 0.05) is 12.6 Å². The quantitative estimate of drug-likeness (QED) is 0.764. The molecule has 0 aliphatic carbocycles. The van der Waals surface area contributed by atoms with Crippen molar-refractivity contribution in [2.75, 3.05) is 26.7 Å². The summed E-state index contributed by atoms with van der Waals surface area (Å²) in [6.45, 7) is 12.1. The summed E-state index contributed by atoms with van der Waals surface area (Å²) >= 11 is 0. The van der Waals surface area contributed by atoms with Gasteiger partial charge < -0.3 is 15.3 Å². The Morgan fingerprint density at radius 2 is 1.83 bits per heavy atom. The molecule has 0 saturated carbocycles. The zero-order chi connectivity index (χ0) is 13.8. The maximum atomic E-state index is 9.50. The van der Waals surface area contributed by atoms with Gasteiger partial charge in [-0.2, -0.15) is 0 Å². The first-order chi connectivity index (χ1) is 8.30. The highest BCUT2D eigenvalue weighted by Gasteiger charge is 2.25. The zero-order valence-electron chi connectivity index (χ0n) is 12.9. The van der Waals surface area contributed by atoms with Crippen LogP contribution in [0.2, 0.25) is 0 Å². The van der Waals surface area contributed by atoms with E-state index in [9.17, 15) is 5.11 Å². The molecule has 1 rings (SSSR count). The van der Waals surface area contributed by atoms with E-state index in [1.807, 2.05) is 6.92 Å². The standard InChI is InChI=1S/C15H32N2O/c1-12(18)10-15(3,4)11-16-13(2)14-6-8-17(5)9-7-14/h12-14,16,18H,6-11H2,1-5H3. The number of aliphatic hydroxyl groups is 1. The third-order valence-corrected chi connectivity index (χ3v) is 4.22. The van der Waals surface area contributed by atoms with Gasteiger partial charge in [0.05, 0.1) is 6.10 Å². The molecule has 1 fully saturated rings. The third kappa shape index (κ3) is 5.68. The van der Waals surface area contributed by atoms with Gasteiger partial charge in [0.25, 0.3) is 0 Å². The van der Waals surface area contributed by atoms with Crippen LogP contribution in [0.4, 0.5) is 0 Å². The van der Waals surface area contributed by atoms with Crippen molar-refractivity contribution in [1.29, 1.82) is 0 Å². The van der Waals surface area contributed by atoms with Crippen molar-refractivity contribution in [3.8, 4) is 0 Å². The van der Waals surface area contributed by atoms with Crippen molar-refractivity contribution in [3.63, 3.8) is 0 Å². The van der Waals surface area contributed by atoms with Crippen LogP contribution in [0.25, 0.3) is 0 Å². The number of hydrogen-bond acceptors (Lipinski definition) is 3. The highest BCUT2D eigenvalue weighted by Crippen LogP contribution is 2.24. The number of likely N-dealkylation sites (tertiary alicyclic amines) is 1. The lowest BCUT2D eigenvalue weighted by molar-refractivity contribution is 0.121. The van der Waals surface area contributed by atoms with Crippen LogP contribution in [0, 0.1) is 11.3 Å². The molecule has 0 spiro atoms. The Morgan fingerprint density at radius 1 is 1.28 bits per heavy atom. The zero-order valence-corrected chi connectivity index (χ0v) is 12.9. The molecule has 18 heavy (non-hydrogen) atoms. The van der Waals surface area contributed by atoms with Crippen molar-refractivity contribution >= 4 is 0 Å². The van der Waals surface area contributed by atoms with Crippen molar-refractivity contribution in [3.05, 3.63) is 0 Å². The van der Waals surface area contributed by atoms with E-state index in [1.54, 1.807) is 0 Å². The molecule has 0 radical (unpaired) electrons. The van der Waals surface area contributed by atoms with E-state index in [-0.39, 0.29) is 11.5 Å². The molecule has 108 valence electrons. The average Bonchev–Trinajstić information content (AvgIpc) is 2.25. The molecule has 3 heteroatoms. The minimum absolute atomic E-state index is 0.174. The Hall–Kier alpha value is -0.120. The highest BCUT2D eigenvalue weighted by molar-refractivity contribution is 4.81. The van der Waals surface area contributed by atoms with Crippen LogP contribution in [0.3, 0.4) is 0 Å². The van der Waals surface area contributed by atoms with Gasteiger partial charge in [0.15, 0.2) is 0 Å². The normalized spacial score (nSPS) is 23.0. The lowest BCUT2D eigenvalue weighted by atomic mass is 9.85. The fraction of sp³-hybridized carbons (Fsp3) is 1.00. The third-order valence-electron chi connectivity index (χ3n) is 4.22. The van der Waals surface area contributed by atoms with Gasteiger partial charge in [0.1, 0.15) is 0 Å². The minimum atomic E-state index is -0.208. The van der Waals surface area contributed by atoms with Crippen molar-refractivity contribution < 1.29 is 5.11 Å². The molecule has 0 bridgehead atoms. The molecule has 1 aliphatic heterocycles. The Kier molecular flexibility index (Phi) is 6.09. The van der Waals surface area contributed by atoms with Gasteiger partial charge in [0.2, 0.25) is 0 Å². The molecule has 1 heterocycles. The van der Waals surface area contributed by atoms with E-state index in [0.717, 1.165) is 18.9 Å². The van der Waals surface area contributed by atoms with Crippen molar-refractivity contribution in [2.45, 2.75) is 59.1 Å². The van der Waals surface area contributed by atoms with Gasteiger partial charge in [-0.15, -0.1) is 0 Å². The second kappa shape index (κ2) is 6.88. The van der Waals surface area contributed by atoms with E-state index in [1.165, 1.54) is 25.9 Å². The van der Waals surface area contributed by atoms with Gasteiger partial charge in [-0.3, -0.25) is 0 Å². The summed E-state index contributed by atoms with van der Waals surface area (Å²) in [4.78, 5) is 2.42. The number of aliphatic hydroxyl groups excluding tert-OH is 1. The summed E-state index contributed by atoms with van der Waals surface area (Å²) in [6.07, 6.45) is 3.27. The van der Waals surface area contributed by atoms with Crippen LogP contribution < -0.4 is 5.32 Å². The van der Waals surface area contributed by atoms with Crippen LogP contribution >= 0.6 is 0 Å². The van der Waals surface area contributed by atoms with Crippen LogP contribution in [-0.2, 0) is 0 Å². The fourth-order valence-electron chi connectivity index (χ4n) is 3.00. The van der Waals surface area contributed by atoms with Crippen LogP contribution in [0.5, 0.6) is 0 Å². The Bertz CT molecular complexity index is 233. The second-order valence-electron chi connectivity index (χ2n) is 7.03. The van der Waals surface area contributed by atoms with Crippen LogP contribution in [-0.4, -0.2) is 48.8 Å². The molecule has 2 unspecified atom stereocenters. The van der Waals surface area contributed by atoms with E-state index >= 15 is 0 Å². The largest absolute Gasteiger partial charge is 0.393 e. The average molecular weight is 256 g/mol. The van der Waals surface area contributed by atoms with E-state index < -0.39 is 0 Å². The number of piperidine rings is 1. The lowest BCUT2D eigenvalue weighted by Crippen LogP contribution is -2.44. The Labute approximate surface area is 113 Å². The SMILES string of the molecule is CC(O)CC(C)(C)CNC(C)C1CCN(C)CC1. The fourth-order valence-corrected chi connectivity index (χ4v) is 3.00. The number of hydrogen-bond donors (Lipinski definition) is 2. The minimum Gasteiger partial charge on any atom is -0.393 e. The molecule has 3 nitrogen and oxygen atoms in total. The molecular weight excluding hydrogens is 224 g/mol. The summed E-state index contributed by atoms with van der Waals surface area (Å²) in [6, 6.07) is 0.590.